The summed E-state index contributed by atoms with van der Waals surface area (Å²) in [5, 5.41) is 4.84. The van der Waals surface area contributed by atoms with E-state index < -0.39 is 5.60 Å². The Bertz CT molecular complexity index is 958. The standard InChI is InChI=1S/C20H24N4O3S/c1-20(2,3)27-19(26)23(4)12-14-6-5-7-15(10-14)21-17(25)11-16-13-24-8-9-28-18(24)22-16/h5-10,13H,11-12H2,1-4H3,(H,21,25). The number of thiazole rings is 1. The zero-order valence-corrected chi connectivity index (χ0v) is 17.2. The van der Waals surface area contributed by atoms with Crippen molar-refractivity contribution in [3.8, 4) is 0 Å². The lowest BCUT2D eigenvalue weighted by Crippen LogP contribution is -2.33. The van der Waals surface area contributed by atoms with E-state index in [1.807, 2.05) is 67.2 Å². The van der Waals surface area contributed by atoms with E-state index in [2.05, 4.69) is 10.3 Å². The van der Waals surface area contributed by atoms with Crippen molar-refractivity contribution in [3.63, 3.8) is 0 Å². The summed E-state index contributed by atoms with van der Waals surface area (Å²) < 4.78 is 7.26. The first-order valence-corrected chi connectivity index (χ1v) is 9.81. The van der Waals surface area contributed by atoms with Crippen molar-refractivity contribution in [2.75, 3.05) is 12.4 Å². The van der Waals surface area contributed by atoms with Crippen LogP contribution in [0.1, 0.15) is 32.0 Å². The molecule has 1 aromatic carbocycles. The highest BCUT2D eigenvalue weighted by molar-refractivity contribution is 7.15. The number of fused-ring (bicyclic) bond motifs is 1. The van der Waals surface area contributed by atoms with Gasteiger partial charge in [-0.1, -0.05) is 12.1 Å². The molecule has 0 radical (unpaired) electrons. The molecule has 1 N–H and O–H groups in total. The topological polar surface area (TPSA) is 75.9 Å². The van der Waals surface area contributed by atoms with Crippen LogP contribution in [-0.2, 0) is 22.5 Å². The van der Waals surface area contributed by atoms with Gasteiger partial charge < -0.3 is 15.0 Å². The molecule has 8 heteroatoms. The smallest absolute Gasteiger partial charge is 0.410 e. The number of hydrogen-bond donors (Lipinski definition) is 1. The van der Waals surface area contributed by atoms with Crippen molar-refractivity contribution in [1.82, 2.24) is 14.3 Å². The molecule has 3 rings (SSSR count). The van der Waals surface area contributed by atoms with E-state index in [9.17, 15) is 9.59 Å². The number of rotatable bonds is 5. The fourth-order valence-electron chi connectivity index (χ4n) is 2.66. The van der Waals surface area contributed by atoms with Crippen molar-refractivity contribution >= 4 is 34.0 Å². The number of carbonyl (C=O) groups excluding carboxylic acids is 2. The second-order valence-electron chi connectivity index (χ2n) is 7.59. The molecule has 7 nitrogen and oxygen atoms in total. The van der Waals surface area contributed by atoms with Crippen LogP contribution in [0.2, 0.25) is 0 Å². The van der Waals surface area contributed by atoms with Gasteiger partial charge in [-0.3, -0.25) is 9.20 Å². The summed E-state index contributed by atoms with van der Waals surface area (Å²) in [6.07, 6.45) is 3.59. The normalized spacial score (nSPS) is 11.4. The molecule has 0 atom stereocenters. The molecule has 0 unspecified atom stereocenters. The van der Waals surface area contributed by atoms with Gasteiger partial charge in [0.05, 0.1) is 12.1 Å². The largest absolute Gasteiger partial charge is 0.444 e. The lowest BCUT2D eigenvalue weighted by atomic mass is 10.2. The Kier molecular flexibility index (Phi) is 5.69. The molecule has 148 valence electrons. The summed E-state index contributed by atoms with van der Waals surface area (Å²) in [4.78, 5) is 31.2. The van der Waals surface area contributed by atoms with Gasteiger partial charge in [-0.25, -0.2) is 9.78 Å². The molecule has 2 aromatic heterocycles. The first kappa shape index (κ1) is 19.9. The van der Waals surface area contributed by atoms with E-state index >= 15 is 0 Å². The van der Waals surface area contributed by atoms with Gasteiger partial charge in [0, 0.05) is 37.1 Å². The molecule has 28 heavy (non-hydrogen) atoms. The van der Waals surface area contributed by atoms with Crippen molar-refractivity contribution in [2.45, 2.75) is 39.3 Å². The Morgan fingerprint density at radius 2 is 2.11 bits per heavy atom. The molecule has 2 amide bonds. The maximum atomic E-state index is 12.3. The monoisotopic (exact) mass is 400 g/mol. The van der Waals surface area contributed by atoms with Crippen LogP contribution in [-0.4, -0.2) is 38.9 Å². The number of ether oxygens (including phenoxy) is 1. The molecule has 3 aromatic rings. The molecule has 0 aliphatic rings. The number of benzene rings is 1. The highest BCUT2D eigenvalue weighted by Gasteiger charge is 2.19. The number of nitrogens with one attached hydrogen (secondary N) is 1. The molecular formula is C20H24N4O3S. The maximum Gasteiger partial charge on any atom is 0.410 e. The molecule has 0 aliphatic carbocycles. The summed E-state index contributed by atoms with van der Waals surface area (Å²) in [6, 6.07) is 7.42. The molecule has 0 bridgehead atoms. The van der Waals surface area contributed by atoms with Gasteiger partial charge in [0.25, 0.3) is 0 Å². The van der Waals surface area contributed by atoms with Crippen molar-refractivity contribution in [1.29, 1.82) is 0 Å². The van der Waals surface area contributed by atoms with E-state index in [0.29, 0.717) is 12.2 Å². The fraction of sp³-hybridized carbons (Fsp3) is 0.350. The molecule has 2 heterocycles. The Morgan fingerprint density at radius 3 is 2.82 bits per heavy atom. The van der Waals surface area contributed by atoms with E-state index in [-0.39, 0.29) is 18.4 Å². The highest BCUT2D eigenvalue weighted by Crippen LogP contribution is 2.16. The van der Waals surface area contributed by atoms with E-state index in [0.717, 1.165) is 16.2 Å². The van der Waals surface area contributed by atoms with Crippen LogP contribution in [0, 0.1) is 0 Å². The van der Waals surface area contributed by atoms with Gasteiger partial charge in [-0.15, -0.1) is 11.3 Å². The van der Waals surface area contributed by atoms with E-state index in [4.69, 9.17) is 4.74 Å². The molecule has 0 saturated heterocycles. The number of carbonyl (C=O) groups is 2. The second-order valence-corrected chi connectivity index (χ2v) is 8.46. The molecule has 0 spiro atoms. The molecule has 0 aliphatic heterocycles. The van der Waals surface area contributed by atoms with Gasteiger partial charge in [-0.05, 0) is 38.5 Å². The van der Waals surface area contributed by atoms with Crippen molar-refractivity contribution in [3.05, 3.63) is 53.3 Å². The van der Waals surface area contributed by atoms with Crippen LogP contribution < -0.4 is 5.32 Å². The Balaban J connectivity index is 1.58. The Hall–Kier alpha value is -2.87. The number of nitrogens with zero attached hydrogens (tertiary/aromatic N) is 3. The van der Waals surface area contributed by atoms with Crippen molar-refractivity contribution < 1.29 is 14.3 Å². The minimum absolute atomic E-state index is 0.136. The van der Waals surface area contributed by atoms with Gasteiger partial charge in [0.2, 0.25) is 5.91 Å². The number of amides is 2. The van der Waals surface area contributed by atoms with Gasteiger partial charge in [0.1, 0.15) is 5.60 Å². The fourth-order valence-corrected chi connectivity index (χ4v) is 3.38. The second kappa shape index (κ2) is 8.02. The molecule has 0 saturated carbocycles. The zero-order chi connectivity index (χ0) is 20.3. The zero-order valence-electron chi connectivity index (χ0n) is 16.4. The number of hydrogen-bond acceptors (Lipinski definition) is 5. The summed E-state index contributed by atoms with van der Waals surface area (Å²) in [5.41, 5.74) is 1.77. The maximum absolute atomic E-state index is 12.3. The average molecular weight is 401 g/mol. The van der Waals surface area contributed by atoms with Gasteiger partial charge >= 0.3 is 6.09 Å². The van der Waals surface area contributed by atoms with Crippen LogP contribution in [0.5, 0.6) is 0 Å². The summed E-state index contributed by atoms with van der Waals surface area (Å²) in [6.45, 7) is 5.88. The lowest BCUT2D eigenvalue weighted by Gasteiger charge is -2.24. The van der Waals surface area contributed by atoms with Crippen molar-refractivity contribution in [2.24, 2.45) is 0 Å². The highest BCUT2D eigenvalue weighted by atomic mass is 32.1. The Labute approximate surface area is 167 Å². The van der Waals surface area contributed by atoms with Gasteiger partial charge in [0.15, 0.2) is 4.96 Å². The SMILES string of the molecule is CN(Cc1cccc(NC(=O)Cc2cn3ccsc3n2)c1)C(=O)OC(C)(C)C. The summed E-state index contributed by atoms with van der Waals surface area (Å²) in [5.74, 6) is -0.136. The van der Waals surface area contributed by atoms with Gasteiger partial charge in [-0.2, -0.15) is 0 Å². The Morgan fingerprint density at radius 1 is 1.32 bits per heavy atom. The van der Waals surface area contributed by atoms with Crippen LogP contribution in [0.15, 0.2) is 42.0 Å². The van der Waals surface area contributed by atoms with Crippen LogP contribution in [0.25, 0.3) is 4.96 Å². The third kappa shape index (κ3) is 5.32. The third-order valence-electron chi connectivity index (χ3n) is 3.82. The van der Waals surface area contributed by atoms with Crippen LogP contribution in [0.3, 0.4) is 0 Å². The molecule has 0 fully saturated rings. The quantitative estimate of drug-likeness (QED) is 0.704. The number of anilines is 1. The average Bonchev–Trinajstić information content (AvgIpc) is 3.14. The van der Waals surface area contributed by atoms with E-state index in [1.54, 1.807) is 7.05 Å². The lowest BCUT2D eigenvalue weighted by molar-refractivity contribution is -0.115. The summed E-state index contributed by atoms with van der Waals surface area (Å²) >= 11 is 1.53. The van der Waals surface area contributed by atoms with Crippen LogP contribution >= 0.6 is 11.3 Å². The molecular weight excluding hydrogens is 376 g/mol. The minimum Gasteiger partial charge on any atom is -0.444 e. The first-order chi connectivity index (χ1) is 13.2. The predicted molar refractivity (Wildman–Crippen MR) is 110 cm³/mol. The summed E-state index contributed by atoms with van der Waals surface area (Å²) in [7, 11) is 1.68. The third-order valence-corrected chi connectivity index (χ3v) is 4.59. The number of aromatic nitrogens is 2. The first-order valence-electron chi connectivity index (χ1n) is 8.93. The predicted octanol–water partition coefficient (Wildman–Crippen LogP) is 3.94. The van der Waals surface area contributed by atoms with Crippen LogP contribution in [0.4, 0.5) is 10.5 Å². The minimum atomic E-state index is -0.539. The van der Waals surface area contributed by atoms with E-state index in [1.165, 1.54) is 16.2 Å². The number of imidazole rings is 1.